The third kappa shape index (κ3) is 2.86. The first kappa shape index (κ1) is 17.0. The molecule has 126 valence electrons. The number of carbonyl (C=O) groups is 1. The summed E-state index contributed by atoms with van der Waals surface area (Å²) in [5.41, 5.74) is 1.88. The summed E-state index contributed by atoms with van der Waals surface area (Å²) in [4.78, 5) is 25.1. The summed E-state index contributed by atoms with van der Waals surface area (Å²) in [7, 11) is 1.47. The smallest absolute Gasteiger partial charge is 0.197 e. The van der Waals surface area contributed by atoms with Crippen LogP contribution in [-0.2, 0) is 11.3 Å². The monoisotopic (exact) mass is 354 g/mol. The molecule has 0 bridgehead atoms. The first-order chi connectivity index (χ1) is 12.0. The molecule has 1 aromatic heterocycles. The molecule has 0 spiro atoms. The van der Waals surface area contributed by atoms with Gasteiger partial charge in [0.05, 0.1) is 47.6 Å². The zero-order valence-electron chi connectivity index (χ0n) is 13.8. The molecule has 0 saturated heterocycles. The molecule has 0 fully saturated rings. The number of halogens is 1. The van der Waals surface area contributed by atoms with E-state index in [1.807, 2.05) is 25.1 Å². The fourth-order valence-corrected chi connectivity index (χ4v) is 3.23. The molecule has 2 aromatic carbocycles. The van der Waals surface area contributed by atoms with E-state index in [0.717, 1.165) is 5.56 Å². The number of ketones is 1. The van der Waals surface area contributed by atoms with Crippen LogP contribution in [0.3, 0.4) is 0 Å². The average molecular weight is 355 g/mol. The normalized spacial score (nSPS) is 10.8. The summed E-state index contributed by atoms with van der Waals surface area (Å²) in [6.07, 6.45) is -0.205. The van der Waals surface area contributed by atoms with E-state index < -0.39 is 0 Å². The first-order valence-electron chi connectivity index (χ1n) is 7.66. The highest BCUT2D eigenvalue weighted by atomic mass is 35.5. The molecule has 0 atom stereocenters. The van der Waals surface area contributed by atoms with Crippen molar-refractivity contribution in [1.29, 1.82) is 5.26 Å². The number of nitrogens with zero attached hydrogens (tertiary/aromatic N) is 2. The van der Waals surface area contributed by atoms with Crippen LogP contribution in [0, 0.1) is 18.3 Å². The molecule has 1 heterocycles. The number of nitriles is 1. The number of methoxy groups -OCH3 is 1. The summed E-state index contributed by atoms with van der Waals surface area (Å²) in [5, 5.41) is 10.1. The second kappa shape index (κ2) is 6.58. The summed E-state index contributed by atoms with van der Waals surface area (Å²) < 4.78 is 7.12. The van der Waals surface area contributed by atoms with Gasteiger partial charge in [0.15, 0.2) is 17.0 Å². The fourth-order valence-electron chi connectivity index (χ4n) is 3.00. The molecule has 0 saturated carbocycles. The van der Waals surface area contributed by atoms with E-state index in [9.17, 15) is 9.59 Å². The predicted octanol–water partition coefficient (Wildman–Crippen LogP) is 3.61. The van der Waals surface area contributed by atoms with E-state index in [1.54, 1.807) is 22.8 Å². The summed E-state index contributed by atoms with van der Waals surface area (Å²) in [6.45, 7) is 1.87. The lowest BCUT2D eigenvalue weighted by atomic mass is 10.1. The third-order valence-corrected chi connectivity index (χ3v) is 4.40. The van der Waals surface area contributed by atoms with Gasteiger partial charge in [0, 0.05) is 5.39 Å². The van der Waals surface area contributed by atoms with Crippen LogP contribution in [0.15, 0.2) is 35.1 Å². The lowest BCUT2D eigenvalue weighted by Gasteiger charge is -2.17. The Hall–Kier alpha value is -2.84. The highest BCUT2D eigenvalue weighted by molar-refractivity contribution is 6.33. The van der Waals surface area contributed by atoms with E-state index in [2.05, 4.69) is 0 Å². The van der Waals surface area contributed by atoms with Crippen LogP contribution in [0.2, 0.25) is 5.02 Å². The van der Waals surface area contributed by atoms with Crippen molar-refractivity contribution in [2.75, 3.05) is 7.11 Å². The number of hydrogen-bond donors (Lipinski definition) is 0. The molecule has 0 aliphatic carbocycles. The Morgan fingerprint density at radius 3 is 2.68 bits per heavy atom. The minimum absolute atomic E-state index is 0.0407. The zero-order chi connectivity index (χ0) is 18.1. The topological polar surface area (TPSA) is 72.1 Å². The van der Waals surface area contributed by atoms with Gasteiger partial charge in [-0.05, 0) is 36.8 Å². The van der Waals surface area contributed by atoms with Gasteiger partial charge < -0.3 is 9.30 Å². The Kier molecular flexibility index (Phi) is 4.47. The lowest BCUT2D eigenvalue weighted by molar-refractivity contribution is -0.118. The fraction of sp³-hybridized carbons (Fsp3) is 0.211. The molecule has 25 heavy (non-hydrogen) atoms. The van der Waals surface area contributed by atoms with Crippen LogP contribution in [0.25, 0.3) is 21.8 Å². The van der Waals surface area contributed by atoms with Gasteiger partial charge in [-0.3, -0.25) is 9.59 Å². The van der Waals surface area contributed by atoms with E-state index in [1.165, 1.54) is 7.11 Å². The SMILES string of the molecule is COc1c(Cl)ccc2c(=O)c3ccc(C)cc3n(CC(=O)CC#N)c12. The van der Waals surface area contributed by atoms with Gasteiger partial charge >= 0.3 is 0 Å². The number of aryl methyl sites for hydroxylation is 1. The van der Waals surface area contributed by atoms with Crippen molar-refractivity contribution in [3.05, 3.63) is 51.1 Å². The Morgan fingerprint density at radius 2 is 2.00 bits per heavy atom. The Bertz CT molecular complexity index is 1110. The Balaban J connectivity index is 2.52. The summed E-state index contributed by atoms with van der Waals surface area (Å²) in [6, 6.07) is 10.5. The van der Waals surface area contributed by atoms with Gasteiger partial charge in [-0.15, -0.1) is 0 Å². The van der Waals surface area contributed by atoms with Gasteiger partial charge in [0.25, 0.3) is 0 Å². The molecule has 3 aromatic rings. The van der Waals surface area contributed by atoms with Crippen molar-refractivity contribution in [3.8, 4) is 11.8 Å². The quantitative estimate of drug-likeness (QED) is 0.671. The van der Waals surface area contributed by atoms with Gasteiger partial charge in [0.1, 0.15) is 0 Å². The van der Waals surface area contributed by atoms with Gasteiger partial charge in [0.2, 0.25) is 0 Å². The van der Waals surface area contributed by atoms with Crippen LogP contribution >= 0.6 is 11.6 Å². The number of fused-ring (bicyclic) bond motifs is 2. The minimum atomic E-state index is -0.253. The minimum Gasteiger partial charge on any atom is -0.493 e. The van der Waals surface area contributed by atoms with Crippen LogP contribution < -0.4 is 10.2 Å². The van der Waals surface area contributed by atoms with Crippen molar-refractivity contribution in [2.24, 2.45) is 0 Å². The standard InChI is InChI=1S/C19H15ClN2O3/c1-11-3-4-13-16(9-11)22(10-12(23)7-8-21)17-14(18(13)24)5-6-15(20)19(17)25-2/h3-6,9H,7,10H2,1-2H3. The second-order valence-electron chi connectivity index (χ2n) is 5.79. The molecular formula is C19H15ClN2O3. The van der Waals surface area contributed by atoms with Crippen molar-refractivity contribution < 1.29 is 9.53 Å². The number of benzene rings is 2. The summed E-state index contributed by atoms with van der Waals surface area (Å²) in [5.74, 6) is 0.0849. The molecule has 0 unspecified atom stereocenters. The van der Waals surface area contributed by atoms with Gasteiger partial charge in [-0.25, -0.2) is 0 Å². The van der Waals surface area contributed by atoms with Crippen molar-refractivity contribution in [3.63, 3.8) is 0 Å². The molecule has 3 rings (SSSR count). The highest BCUT2D eigenvalue weighted by Crippen LogP contribution is 2.34. The zero-order valence-corrected chi connectivity index (χ0v) is 14.6. The number of ether oxygens (including phenoxy) is 1. The number of Topliss-reactive ketones (excluding diaryl/α,β-unsaturated/α-hetero) is 1. The Morgan fingerprint density at radius 1 is 1.28 bits per heavy atom. The third-order valence-electron chi connectivity index (χ3n) is 4.10. The van der Waals surface area contributed by atoms with Crippen LogP contribution in [0.4, 0.5) is 0 Å². The maximum Gasteiger partial charge on any atom is 0.197 e. The van der Waals surface area contributed by atoms with E-state index in [4.69, 9.17) is 21.6 Å². The average Bonchev–Trinajstić information content (AvgIpc) is 2.58. The molecule has 0 radical (unpaired) electrons. The van der Waals surface area contributed by atoms with Crippen molar-refractivity contribution >= 4 is 39.2 Å². The number of hydrogen-bond acceptors (Lipinski definition) is 4. The van der Waals surface area contributed by atoms with E-state index in [0.29, 0.717) is 32.6 Å². The highest BCUT2D eigenvalue weighted by Gasteiger charge is 2.18. The van der Waals surface area contributed by atoms with Gasteiger partial charge in [-0.2, -0.15) is 5.26 Å². The second-order valence-corrected chi connectivity index (χ2v) is 6.19. The van der Waals surface area contributed by atoms with Crippen molar-refractivity contribution in [1.82, 2.24) is 4.57 Å². The molecule has 0 aliphatic rings. The van der Waals surface area contributed by atoms with Crippen LogP contribution in [0.5, 0.6) is 5.75 Å². The summed E-state index contributed by atoms with van der Waals surface area (Å²) >= 11 is 6.23. The van der Waals surface area contributed by atoms with Crippen molar-refractivity contribution in [2.45, 2.75) is 19.9 Å². The predicted molar refractivity (Wildman–Crippen MR) is 97.3 cm³/mol. The molecule has 0 N–H and O–H groups in total. The van der Waals surface area contributed by atoms with E-state index in [-0.39, 0.29) is 24.2 Å². The maximum atomic E-state index is 12.9. The number of pyridine rings is 1. The van der Waals surface area contributed by atoms with Crippen LogP contribution in [-0.4, -0.2) is 17.5 Å². The first-order valence-corrected chi connectivity index (χ1v) is 8.03. The molecule has 5 nitrogen and oxygen atoms in total. The molecule has 0 amide bonds. The molecular weight excluding hydrogens is 340 g/mol. The number of rotatable bonds is 4. The van der Waals surface area contributed by atoms with Gasteiger partial charge in [-0.1, -0.05) is 17.7 Å². The largest absolute Gasteiger partial charge is 0.493 e. The molecule has 6 heteroatoms. The number of carbonyl (C=O) groups excluding carboxylic acids is 1. The Labute approximate surface area is 149 Å². The van der Waals surface area contributed by atoms with E-state index >= 15 is 0 Å². The van der Waals surface area contributed by atoms with Crippen LogP contribution in [0.1, 0.15) is 12.0 Å². The number of aromatic nitrogens is 1. The lowest BCUT2D eigenvalue weighted by Crippen LogP contribution is -2.17. The molecule has 0 aliphatic heterocycles. The maximum absolute atomic E-state index is 12.9.